The maximum absolute atomic E-state index is 14.7. The van der Waals surface area contributed by atoms with Crippen molar-refractivity contribution in [3.8, 4) is 17.1 Å². The van der Waals surface area contributed by atoms with Crippen LogP contribution >= 0.6 is 0 Å². The molecule has 3 aromatic heterocycles. The largest absolute Gasteiger partial charge is 2.00 e. The first kappa shape index (κ1) is 26.4. The van der Waals surface area contributed by atoms with E-state index in [0.717, 1.165) is 17.5 Å². The predicted octanol–water partition coefficient (Wildman–Crippen LogP) is 6.38. The number of hydrogen-bond acceptors (Lipinski definition) is 3. The van der Waals surface area contributed by atoms with Gasteiger partial charge in [0.15, 0.2) is 5.69 Å². The molecule has 0 N–H and O–H groups in total. The summed E-state index contributed by atoms with van der Waals surface area (Å²) in [6.07, 6.45) is 4.90. The van der Waals surface area contributed by atoms with Crippen molar-refractivity contribution in [2.75, 3.05) is 0 Å². The van der Waals surface area contributed by atoms with Gasteiger partial charge in [-0.2, -0.15) is 0 Å². The molecule has 0 atom stereocenters. The fraction of sp³-hybridized carbons (Fsp3) is 0.259. The van der Waals surface area contributed by atoms with Gasteiger partial charge < -0.3 is 14.5 Å². The Morgan fingerprint density at radius 1 is 0.943 bits per heavy atom. The molecule has 0 radical (unpaired) electrons. The number of benzene rings is 1. The number of nitrogens with zero attached hydrogens (tertiary/aromatic N) is 5. The maximum Gasteiger partial charge on any atom is 2.00 e. The van der Waals surface area contributed by atoms with Crippen molar-refractivity contribution < 1.29 is 29.8 Å². The molecular weight excluding hydrogens is 627 g/mol. The molecule has 0 saturated carbocycles. The first-order valence-corrected chi connectivity index (χ1v) is 10.7. The summed E-state index contributed by atoms with van der Waals surface area (Å²) in [4.78, 5) is 16.8. The Labute approximate surface area is 218 Å². The Bertz CT molecular complexity index is 1410. The summed E-state index contributed by atoms with van der Waals surface area (Å²) < 4.78 is 30.3. The fourth-order valence-electron chi connectivity index (χ4n) is 3.50. The molecule has 35 heavy (non-hydrogen) atoms. The third-order valence-electron chi connectivity index (χ3n) is 5.67. The molecule has 0 saturated heterocycles. The Hall–Kier alpha value is -3.23. The Morgan fingerprint density at radius 3 is 2.23 bits per heavy atom. The van der Waals surface area contributed by atoms with Crippen molar-refractivity contribution in [3.63, 3.8) is 0 Å². The number of pyridine rings is 2. The second-order valence-corrected chi connectivity index (χ2v) is 9.55. The van der Waals surface area contributed by atoms with E-state index in [0.29, 0.717) is 11.5 Å². The minimum atomic E-state index is -0.970. The number of hydrogen-bond donors (Lipinski definition) is 0. The number of imidazole rings is 1. The summed E-state index contributed by atoms with van der Waals surface area (Å²) in [6.45, 7) is 17.3. The summed E-state index contributed by atoms with van der Waals surface area (Å²) in [5.74, 6) is -1.24. The average molecular weight is 651 g/mol. The summed E-state index contributed by atoms with van der Waals surface area (Å²) in [6, 6.07) is 14.4. The Kier molecular flexibility index (Phi) is 7.38. The SMILES string of the molecule is [C-]#[N+]c1c(F)c[c-]c(-c2cccc(C(C)(C)c3cccc(-n4[c-]nc(C(C)(C)C)c4)n3)n2)c1F.[Pt+2]. The van der Waals surface area contributed by atoms with Crippen LogP contribution in [0.2, 0.25) is 0 Å². The van der Waals surface area contributed by atoms with E-state index < -0.39 is 22.7 Å². The van der Waals surface area contributed by atoms with Gasteiger partial charge in [-0.25, -0.2) is 0 Å². The van der Waals surface area contributed by atoms with Crippen molar-refractivity contribution in [2.45, 2.75) is 45.4 Å². The minimum absolute atomic E-state index is 0. The number of halogens is 2. The molecular formula is C27H23F2N5Pt. The van der Waals surface area contributed by atoms with E-state index in [1.165, 1.54) is 0 Å². The molecule has 1 aromatic carbocycles. The monoisotopic (exact) mass is 650 g/mol. The van der Waals surface area contributed by atoms with Crippen LogP contribution in [-0.2, 0) is 31.9 Å². The fourth-order valence-corrected chi connectivity index (χ4v) is 3.50. The zero-order valence-electron chi connectivity index (χ0n) is 19.9. The van der Waals surface area contributed by atoms with Crippen molar-refractivity contribution in [1.82, 2.24) is 19.5 Å². The predicted molar refractivity (Wildman–Crippen MR) is 126 cm³/mol. The minimum Gasteiger partial charge on any atom is -0.418 e. The van der Waals surface area contributed by atoms with E-state index in [-0.39, 0.29) is 37.7 Å². The van der Waals surface area contributed by atoms with Crippen LogP contribution in [0.4, 0.5) is 14.5 Å². The van der Waals surface area contributed by atoms with Crippen LogP contribution in [0.1, 0.15) is 51.7 Å². The molecule has 4 aromatic rings. The van der Waals surface area contributed by atoms with Gasteiger partial charge in [0.2, 0.25) is 0 Å². The van der Waals surface area contributed by atoms with Crippen LogP contribution in [0.3, 0.4) is 0 Å². The second kappa shape index (κ2) is 9.79. The molecule has 8 heteroatoms. The van der Waals surface area contributed by atoms with E-state index in [1.54, 1.807) is 16.7 Å². The molecule has 3 heterocycles. The van der Waals surface area contributed by atoms with Gasteiger partial charge in [0.1, 0.15) is 0 Å². The number of rotatable bonds is 4. The standard InChI is InChI=1S/C27H23F2N5.Pt/c1-26(2,3)22-15-34(16-31-22)23-12-8-11-21(33-23)27(4,5)20-10-7-9-19(32-20)17-13-14-18(28)25(30-6)24(17)29;/h7-12,14-15H,1-5H3;/q-2;+2. The first-order valence-electron chi connectivity index (χ1n) is 10.7. The molecule has 0 amide bonds. The first-order chi connectivity index (χ1) is 16.0. The van der Waals surface area contributed by atoms with Crippen molar-refractivity contribution in [1.29, 1.82) is 0 Å². The smallest absolute Gasteiger partial charge is 0.418 e. The maximum atomic E-state index is 14.7. The number of aromatic nitrogens is 4. The van der Waals surface area contributed by atoms with Gasteiger partial charge in [-0.3, -0.25) is 18.6 Å². The van der Waals surface area contributed by atoms with Crippen LogP contribution in [0.15, 0.2) is 48.7 Å². The van der Waals surface area contributed by atoms with E-state index in [4.69, 9.17) is 11.6 Å². The van der Waals surface area contributed by atoms with Crippen molar-refractivity contribution >= 4 is 5.69 Å². The van der Waals surface area contributed by atoms with Crippen LogP contribution < -0.4 is 0 Å². The molecule has 0 bridgehead atoms. The van der Waals surface area contributed by atoms with Gasteiger partial charge in [-0.05, 0) is 37.1 Å². The average Bonchev–Trinajstić information content (AvgIpc) is 3.31. The van der Waals surface area contributed by atoms with Gasteiger partial charge >= 0.3 is 21.1 Å². The van der Waals surface area contributed by atoms with Gasteiger partial charge in [0, 0.05) is 34.8 Å². The molecule has 5 nitrogen and oxygen atoms in total. The summed E-state index contributed by atoms with van der Waals surface area (Å²) in [5, 5.41) is 0. The van der Waals surface area contributed by atoms with Gasteiger partial charge in [-0.15, -0.1) is 17.7 Å². The molecule has 0 aliphatic heterocycles. The van der Waals surface area contributed by atoms with Gasteiger partial charge in [0.25, 0.3) is 0 Å². The molecule has 0 unspecified atom stereocenters. The normalized spacial score (nSPS) is 11.6. The summed E-state index contributed by atoms with van der Waals surface area (Å²) >= 11 is 0. The third kappa shape index (κ3) is 5.08. The van der Waals surface area contributed by atoms with Crippen molar-refractivity contribution in [2.24, 2.45) is 0 Å². The van der Waals surface area contributed by atoms with Crippen molar-refractivity contribution in [3.05, 3.63) is 101 Å². The topological polar surface area (TPSA) is 48.0 Å². The van der Waals surface area contributed by atoms with Crippen LogP contribution in [0.25, 0.3) is 21.9 Å². The second-order valence-electron chi connectivity index (χ2n) is 9.55. The van der Waals surface area contributed by atoms with Crippen LogP contribution in [0.5, 0.6) is 0 Å². The van der Waals surface area contributed by atoms with E-state index in [2.05, 4.69) is 48.0 Å². The Morgan fingerprint density at radius 2 is 1.60 bits per heavy atom. The van der Waals surface area contributed by atoms with E-state index in [9.17, 15) is 8.78 Å². The molecule has 0 spiro atoms. The zero-order chi connectivity index (χ0) is 24.7. The van der Waals surface area contributed by atoms with Crippen LogP contribution in [0, 0.1) is 30.6 Å². The summed E-state index contributed by atoms with van der Waals surface area (Å²) in [5.41, 5.74) is 1.10. The van der Waals surface area contributed by atoms with Crippen LogP contribution in [-0.4, -0.2) is 19.5 Å². The molecule has 0 fully saturated rings. The van der Waals surface area contributed by atoms with Gasteiger partial charge in [0.05, 0.1) is 12.4 Å². The molecule has 4 rings (SSSR count). The molecule has 0 aliphatic carbocycles. The Balaban J connectivity index is 0.00000342. The molecule has 180 valence electrons. The zero-order valence-corrected chi connectivity index (χ0v) is 22.2. The van der Waals surface area contributed by atoms with E-state index >= 15 is 0 Å². The van der Waals surface area contributed by atoms with Gasteiger partial charge in [-0.1, -0.05) is 56.9 Å². The summed E-state index contributed by atoms with van der Waals surface area (Å²) in [7, 11) is 0. The quantitative estimate of drug-likeness (QED) is 0.241. The van der Waals surface area contributed by atoms with E-state index in [1.807, 2.05) is 44.3 Å². The third-order valence-corrected chi connectivity index (χ3v) is 5.67. The molecule has 0 aliphatic rings.